The molecule has 0 aromatic carbocycles. The number of hydrogen-bond acceptors (Lipinski definition) is 5. The van der Waals surface area contributed by atoms with Gasteiger partial charge in [-0.2, -0.15) is 4.37 Å². The first-order valence-electron chi connectivity index (χ1n) is 5.72. The van der Waals surface area contributed by atoms with Crippen LogP contribution < -0.4 is 5.32 Å². The van der Waals surface area contributed by atoms with E-state index in [-0.39, 0.29) is 0 Å². The Labute approximate surface area is 105 Å². The van der Waals surface area contributed by atoms with Crippen LogP contribution in [0.1, 0.15) is 28.9 Å². The quantitative estimate of drug-likeness (QED) is 0.860. The smallest absolute Gasteiger partial charge is 0.340 e. The van der Waals surface area contributed by atoms with Crippen molar-refractivity contribution in [1.82, 2.24) is 9.27 Å². The minimum absolute atomic E-state index is 0.328. The van der Waals surface area contributed by atoms with Gasteiger partial charge in [-0.3, -0.25) is 0 Å². The van der Waals surface area contributed by atoms with Crippen LogP contribution >= 0.6 is 11.5 Å². The molecule has 1 aliphatic rings. The van der Waals surface area contributed by atoms with E-state index in [2.05, 4.69) is 21.6 Å². The number of rotatable bonds is 3. The van der Waals surface area contributed by atoms with E-state index in [1.54, 1.807) is 6.92 Å². The van der Waals surface area contributed by atoms with E-state index in [4.69, 9.17) is 5.11 Å². The summed E-state index contributed by atoms with van der Waals surface area (Å²) >= 11 is 1.24. The van der Waals surface area contributed by atoms with Gasteiger partial charge >= 0.3 is 5.97 Å². The molecular weight excluding hydrogens is 238 g/mol. The number of aromatic carboxylic acids is 1. The fraction of sp³-hybridized carbons (Fsp3) is 0.636. The Bertz CT molecular complexity index is 411. The van der Waals surface area contributed by atoms with E-state index in [0.717, 1.165) is 25.9 Å². The molecule has 94 valence electrons. The van der Waals surface area contributed by atoms with E-state index in [1.165, 1.54) is 11.5 Å². The second-order valence-corrected chi connectivity index (χ2v) is 5.27. The Balaban J connectivity index is 2.06. The molecule has 2 heterocycles. The molecule has 0 amide bonds. The van der Waals surface area contributed by atoms with E-state index in [1.807, 2.05) is 0 Å². The number of carboxylic acids is 1. The van der Waals surface area contributed by atoms with Gasteiger partial charge in [0.1, 0.15) is 10.6 Å². The van der Waals surface area contributed by atoms with Crippen molar-refractivity contribution in [2.75, 3.05) is 25.5 Å². The Morgan fingerprint density at radius 2 is 2.18 bits per heavy atom. The summed E-state index contributed by atoms with van der Waals surface area (Å²) in [5.74, 6) is -0.897. The number of nitrogens with one attached hydrogen (secondary N) is 1. The zero-order chi connectivity index (χ0) is 12.4. The molecule has 2 N–H and O–H groups in total. The fourth-order valence-electron chi connectivity index (χ4n) is 2.06. The Morgan fingerprint density at radius 1 is 1.53 bits per heavy atom. The van der Waals surface area contributed by atoms with Crippen molar-refractivity contribution in [2.45, 2.75) is 25.8 Å². The number of aryl methyl sites for hydroxylation is 1. The van der Waals surface area contributed by atoms with Gasteiger partial charge in [0.15, 0.2) is 0 Å². The predicted octanol–water partition coefficient (Wildman–Crippen LogP) is 1.66. The summed E-state index contributed by atoms with van der Waals surface area (Å²) in [6.07, 6.45) is 2.10. The monoisotopic (exact) mass is 255 g/mol. The van der Waals surface area contributed by atoms with Crippen molar-refractivity contribution < 1.29 is 9.90 Å². The normalized spacial score (nSPS) is 18.2. The van der Waals surface area contributed by atoms with Crippen molar-refractivity contribution in [3.63, 3.8) is 0 Å². The standard InChI is InChI=1S/C11H17N3O2S/c1-7-9(11(15)16)10(17-13-7)12-8-3-5-14(2)6-4-8/h8,12H,3-6H2,1-2H3,(H,15,16). The van der Waals surface area contributed by atoms with Crippen molar-refractivity contribution >= 4 is 22.5 Å². The van der Waals surface area contributed by atoms with Crippen LogP contribution in [-0.4, -0.2) is 46.5 Å². The first-order valence-corrected chi connectivity index (χ1v) is 6.50. The summed E-state index contributed by atoms with van der Waals surface area (Å²) in [7, 11) is 2.11. The molecule has 1 fully saturated rings. The number of carboxylic acid groups (broad SMARTS) is 1. The molecule has 1 aromatic heterocycles. The molecule has 0 bridgehead atoms. The second kappa shape index (κ2) is 5.01. The van der Waals surface area contributed by atoms with E-state index in [0.29, 0.717) is 22.3 Å². The topological polar surface area (TPSA) is 65.5 Å². The van der Waals surface area contributed by atoms with Gasteiger partial charge in [0, 0.05) is 6.04 Å². The largest absolute Gasteiger partial charge is 0.478 e. The number of piperidine rings is 1. The zero-order valence-corrected chi connectivity index (χ0v) is 10.9. The molecule has 0 saturated carbocycles. The van der Waals surface area contributed by atoms with E-state index >= 15 is 0 Å². The van der Waals surface area contributed by atoms with Gasteiger partial charge in [0.2, 0.25) is 0 Å². The van der Waals surface area contributed by atoms with Crippen molar-refractivity contribution in [3.05, 3.63) is 11.3 Å². The average Bonchev–Trinajstić information content (AvgIpc) is 2.63. The van der Waals surface area contributed by atoms with Gasteiger partial charge in [0.05, 0.1) is 5.69 Å². The Hall–Kier alpha value is -1.14. The lowest BCUT2D eigenvalue weighted by atomic mass is 10.1. The van der Waals surface area contributed by atoms with Crippen LogP contribution in [0.2, 0.25) is 0 Å². The maximum absolute atomic E-state index is 11.1. The Kier molecular flexibility index (Phi) is 3.63. The summed E-state index contributed by atoms with van der Waals surface area (Å²) < 4.78 is 4.11. The van der Waals surface area contributed by atoms with Gasteiger partial charge in [0.25, 0.3) is 0 Å². The average molecular weight is 255 g/mol. The number of hydrogen-bond donors (Lipinski definition) is 2. The van der Waals surface area contributed by atoms with Crippen LogP contribution in [0.5, 0.6) is 0 Å². The second-order valence-electron chi connectivity index (χ2n) is 4.50. The lowest BCUT2D eigenvalue weighted by molar-refractivity contribution is 0.0697. The number of aromatic nitrogens is 1. The van der Waals surface area contributed by atoms with Crippen molar-refractivity contribution in [1.29, 1.82) is 0 Å². The maximum Gasteiger partial charge on any atom is 0.340 e. The molecule has 1 aliphatic heterocycles. The number of carbonyl (C=O) groups is 1. The van der Waals surface area contributed by atoms with Crippen LogP contribution in [0.25, 0.3) is 0 Å². The molecule has 6 heteroatoms. The minimum atomic E-state index is -0.897. The summed E-state index contributed by atoms with van der Waals surface area (Å²) in [5.41, 5.74) is 0.923. The Morgan fingerprint density at radius 3 is 2.76 bits per heavy atom. The highest BCUT2D eigenvalue weighted by Crippen LogP contribution is 2.26. The van der Waals surface area contributed by atoms with Gasteiger partial charge in [-0.1, -0.05) is 0 Å². The number of anilines is 1. The molecule has 0 unspecified atom stereocenters. The van der Waals surface area contributed by atoms with Gasteiger partial charge in [-0.05, 0) is 51.4 Å². The first-order chi connectivity index (χ1) is 8.08. The zero-order valence-electron chi connectivity index (χ0n) is 10.1. The molecule has 1 saturated heterocycles. The van der Waals surface area contributed by atoms with E-state index < -0.39 is 5.97 Å². The third-order valence-electron chi connectivity index (χ3n) is 3.13. The van der Waals surface area contributed by atoms with Crippen LogP contribution in [0.4, 0.5) is 5.00 Å². The lowest BCUT2D eigenvalue weighted by Gasteiger charge is -2.29. The summed E-state index contributed by atoms with van der Waals surface area (Å²) in [4.78, 5) is 13.4. The van der Waals surface area contributed by atoms with Crippen LogP contribution in [0, 0.1) is 6.92 Å². The number of nitrogens with zero attached hydrogens (tertiary/aromatic N) is 2. The molecule has 2 rings (SSSR count). The molecule has 0 radical (unpaired) electrons. The fourth-order valence-corrected chi connectivity index (χ4v) is 2.92. The number of likely N-dealkylation sites (tertiary alicyclic amines) is 1. The van der Waals surface area contributed by atoms with E-state index in [9.17, 15) is 4.79 Å². The van der Waals surface area contributed by atoms with Crippen LogP contribution in [0.15, 0.2) is 0 Å². The summed E-state index contributed by atoms with van der Waals surface area (Å²) in [5, 5.41) is 13.1. The van der Waals surface area contributed by atoms with Crippen LogP contribution in [-0.2, 0) is 0 Å². The molecule has 17 heavy (non-hydrogen) atoms. The molecule has 5 nitrogen and oxygen atoms in total. The third-order valence-corrected chi connectivity index (χ3v) is 4.00. The van der Waals surface area contributed by atoms with Gasteiger partial charge in [-0.25, -0.2) is 4.79 Å². The molecule has 0 atom stereocenters. The van der Waals surface area contributed by atoms with Crippen molar-refractivity contribution in [3.8, 4) is 0 Å². The summed E-state index contributed by atoms with van der Waals surface area (Å²) in [6.45, 7) is 3.84. The highest BCUT2D eigenvalue weighted by molar-refractivity contribution is 7.10. The van der Waals surface area contributed by atoms with Gasteiger partial charge in [-0.15, -0.1) is 0 Å². The van der Waals surface area contributed by atoms with Gasteiger partial charge < -0.3 is 15.3 Å². The van der Waals surface area contributed by atoms with Crippen LogP contribution in [0.3, 0.4) is 0 Å². The molecular formula is C11H17N3O2S. The highest BCUT2D eigenvalue weighted by atomic mass is 32.1. The highest BCUT2D eigenvalue weighted by Gasteiger charge is 2.22. The first kappa shape index (κ1) is 12.3. The molecule has 0 spiro atoms. The maximum atomic E-state index is 11.1. The van der Waals surface area contributed by atoms with Crippen molar-refractivity contribution in [2.24, 2.45) is 0 Å². The predicted molar refractivity (Wildman–Crippen MR) is 68.0 cm³/mol. The third kappa shape index (κ3) is 2.76. The SMILES string of the molecule is Cc1nsc(NC2CCN(C)CC2)c1C(=O)O. The summed E-state index contributed by atoms with van der Waals surface area (Å²) in [6, 6.07) is 0.365. The lowest BCUT2D eigenvalue weighted by Crippen LogP contribution is -2.36. The molecule has 1 aromatic rings. The minimum Gasteiger partial charge on any atom is -0.478 e. The molecule has 0 aliphatic carbocycles.